The van der Waals surface area contributed by atoms with Gasteiger partial charge in [-0.25, -0.2) is 0 Å². The Hall–Kier alpha value is -1.31. The number of amides is 1. The maximum Gasteiger partial charge on any atom is 0.232 e. The monoisotopic (exact) mass is 231 g/mol. The Labute approximate surface area is 104 Å². The zero-order valence-electron chi connectivity index (χ0n) is 10.8. The summed E-state index contributed by atoms with van der Waals surface area (Å²) in [5, 5.41) is 0. The molecule has 1 saturated carbocycles. The van der Waals surface area contributed by atoms with Crippen molar-refractivity contribution >= 4 is 5.91 Å². The number of benzene rings is 1. The average molecular weight is 231 g/mol. The molecule has 0 unspecified atom stereocenters. The molecule has 17 heavy (non-hydrogen) atoms. The lowest BCUT2D eigenvalue weighted by atomic mass is 9.68. The second-order valence-electron chi connectivity index (χ2n) is 5.21. The van der Waals surface area contributed by atoms with Crippen LogP contribution in [0, 0.1) is 0 Å². The first-order chi connectivity index (χ1) is 8.17. The van der Waals surface area contributed by atoms with Gasteiger partial charge < -0.3 is 4.90 Å². The van der Waals surface area contributed by atoms with E-state index in [2.05, 4.69) is 12.1 Å². The third-order valence-electron chi connectivity index (χ3n) is 3.85. The first-order valence-electron chi connectivity index (χ1n) is 6.44. The molecule has 1 aliphatic rings. The predicted molar refractivity (Wildman–Crippen MR) is 69.9 cm³/mol. The number of nitrogens with zero attached hydrogens (tertiary/aromatic N) is 1. The lowest BCUT2D eigenvalue weighted by Crippen LogP contribution is -2.45. The predicted octanol–water partition coefficient (Wildman–Crippen LogP) is 2.98. The van der Waals surface area contributed by atoms with E-state index in [9.17, 15) is 4.79 Å². The lowest BCUT2D eigenvalue weighted by molar-refractivity contribution is -0.136. The molecule has 0 spiro atoms. The van der Waals surface area contributed by atoms with Gasteiger partial charge in [-0.3, -0.25) is 4.79 Å². The number of hydrogen-bond acceptors (Lipinski definition) is 1. The molecule has 1 aromatic carbocycles. The molecular weight excluding hydrogens is 210 g/mol. The van der Waals surface area contributed by atoms with Gasteiger partial charge in [-0.15, -0.1) is 0 Å². The fourth-order valence-corrected chi connectivity index (χ4v) is 2.97. The summed E-state index contributed by atoms with van der Waals surface area (Å²) in [6, 6.07) is 10.3. The summed E-state index contributed by atoms with van der Waals surface area (Å²) >= 11 is 0. The summed E-state index contributed by atoms with van der Waals surface area (Å²) < 4.78 is 0. The van der Waals surface area contributed by atoms with Crippen LogP contribution in [0.3, 0.4) is 0 Å². The van der Waals surface area contributed by atoms with Crippen LogP contribution in [0.5, 0.6) is 0 Å². The highest BCUT2D eigenvalue weighted by molar-refractivity contribution is 5.88. The fraction of sp³-hybridized carbons (Fsp3) is 0.533. The molecular formula is C15H21NO. The number of hydrogen-bond donors (Lipinski definition) is 0. The minimum atomic E-state index is -0.261. The maximum atomic E-state index is 12.5. The average Bonchev–Trinajstić information content (AvgIpc) is 2.39. The standard InChI is InChI=1S/C15H21NO/c1-16(2)14(17)15(11-7-4-8-12-15)13-9-5-3-6-10-13/h3,5-6,9-10H,4,7-8,11-12H2,1-2H3. The molecule has 0 aromatic heterocycles. The van der Waals surface area contributed by atoms with Crippen molar-refractivity contribution in [2.24, 2.45) is 0 Å². The van der Waals surface area contributed by atoms with Gasteiger partial charge in [0, 0.05) is 14.1 Å². The van der Waals surface area contributed by atoms with E-state index in [1.165, 1.54) is 12.0 Å². The van der Waals surface area contributed by atoms with Crippen LogP contribution in [-0.4, -0.2) is 24.9 Å². The van der Waals surface area contributed by atoms with E-state index in [-0.39, 0.29) is 11.3 Å². The molecule has 0 heterocycles. The molecule has 0 aliphatic heterocycles. The summed E-state index contributed by atoms with van der Waals surface area (Å²) in [6.45, 7) is 0. The highest BCUT2D eigenvalue weighted by Gasteiger charge is 2.41. The Bertz CT molecular complexity index is 377. The molecule has 0 saturated heterocycles. The van der Waals surface area contributed by atoms with E-state index in [1.807, 2.05) is 32.3 Å². The quantitative estimate of drug-likeness (QED) is 0.766. The van der Waals surface area contributed by atoms with Gasteiger partial charge in [0.25, 0.3) is 0 Å². The van der Waals surface area contributed by atoms with Crippen molar-refractivity contribution in [1.29, 1.82) is 0 Å². The smallest absolute Gasteiger partial charge is 0.232 e. The van der Waals surface area contributed by atoms with Crippen LogP contribution in [0.4, 0.5) is 0 Å². The van der Waals surface area contributed by atoms with Crippen LogP contribution < -0.4 is 0 Å². The summed E-state index contributed by atoms with van der Waals surface area (Å²) in [6.07, 6.45) is 5.57. The van der Waals surface area contributed by atoms with E-state index in [1.54, 1.807) is 4.90 Å². The van der Waals surface area contributed by atoms with Crippen molar-refractivity contribution in [2.45, 2.75) is 37.5 Å². The van der Waals surface area contributed by atoms with E-state index in [4.69, 9.17) is 0 Å². The molecule has 0 atom stereocenters. The summed E-state index contributed by atoms with van der Waals surface area (Å²) in [4.78, 5) is 14.3. The summed E-state index contributed by atoms with van der Waals surface area (Å²) in [5.74, 6) is 0.267. The van der Waals surface area contributed by atoms with Crippen LogP contribution in [0.25, 0.3) is 0 Å². The molecule has 0 N–H and O–H groups in total. The van der Waals surface area contributed by atoms with Crippen LogP contribution >= 0.6 is 0 Å². The van der Waals surface area contributed by atoms with Gasteiger partial charge in [0.2, 0.25) is 5.91 Å². The van der Waals surface area contributed by atoms with Gasteiger partial charge in [0.15, 0.2) is 0 Å². The van der Waals surface area contributed by atoms with E-state index < -0.39 is 0 Å². The van der Waals surface area contributed by atoms with Crippen LogP contribution in [0.15, 0.2) is 30.3 Å². The normalized spacial score (nSPS) is 18.7. The Morgan fingerprint density at radius 1 is 1.06 bits per heavy atom. The Balaban J connectivity index is 2.40. The minimum absolute atomic E-state index is 0.261. The second-order valence-corrected chi connectivity index (χ2v) is 5.21. The zero-order chi connectivity index (χ0) is 12.3. The van der Waals surface area contributed by atoms with Crippen molar-refractivity contribution in [2.75, 3.05) is 14.1 Å². The Morgan fingerprint density at radius 2 is 1.65 bits per heavy atom. The van der Waals surface area contributed by atoms with Crippen molar-refractivity contribution in [3.8, 4) is 0 Å². The minimum Gasteiger partial charge on any atom is -0.348 e. The van der Waals surface area contributed by atoms with E-state index >= 15 is 0 Å². The molecule has 0 radical (unpaired) electrons. The number of rotatable bonds is 2. The molecule has 2 heteroatoms. The lowest BCUT2D eigenvalue weighted by Gasteiger charge is -2.38. The van der Waals surface area contributed by atoms with Crippen molar-refractivity contribution in [3.63, 3.8) is 0 Å². The third kappa shape index (κ3) is 2.21. The molecule has 1 fully saturated rings. The van der Waals surface area contributed by atoms with Gasteiger partial charge >= 0.3 is 0 Å². The molecule has 1 aliphatic carbocycles. The van der Waals surface area contributed by atoms with E-state index in [0.717, 1.165) is 25.7 Å². The maximum absolute atomic E-state index is 12.5. The zero-order valence-corrected chi connectivity index (χ0v) is 10.8. The first-order valence-corrected chi connectivity index (χ1v) is 6.44. The molecule has 1 aromatic rings. The molecule has 2 nitrogen and oxygen atoms in total. The summed E-state index contributed by atoms with van der Waals surface area (Å²) in [5.41, 5.74) is 0.932. The summed E-state index contributed by atoms with van der Waals surface area (Å²) in [7, 11) is 3.73. The highest BCUT2D eigenvalue weighted by atomic mass is 16.2. The van der Waals surface area contributed by atoms with Gasteiger partial charge in [0.05, 0.1) is 5.41 Å². The second kappa shape index (κ2) is 4.91. The van der Waals surface area contributed by atoms with Crippen molar-refractivity contribution in [3.05, 3.63) is 35.9 Å². The van der Waals surface area contributed by atoms with Gasteiger partial charge in [-0.1, -0.05) is 49.6 Å². The van der Waals surface area contributed by atoms with E-state index in [0.29, 0.717) is 0 Å². The largest absolute Gasteiger partial charge is 0.348 e. The fourth-order valence-electron chi connectivity index (χ4n) is 2.97. The number of carbonyl (C=O) groups is 1. The number of carbonyl (C=O) groups excluding carboxylic acids is 1. The molecule has 2 rings (SSSR count). The third-order valence-corrected chi connectivity index (χ3v) is 3.85. The Morgan fingerprint density at radius 3 is 2.18 bits per heavy atom. The van der Waals surface area contributed by atoms with Crippen LogP contribution in [-0.2, 0) is 10.2 Å². The van der Waals surface area contributed by atoms with Crippen molar-refractivity contribution < 1.29 is 4.79 Å². The van der Waals surface area contributed by atoms with Gasteiger partial charge in [-0.05, 0) is 18.4 Å². The SMILES string of the molecule is CN(C)C(=O)C1(c2ccccc2)CCCCC1. The highest BCUT2D eigenvalue weighted by Crippen LogP contribution is 2.40. The molecule has 1 amide bonds. The number of likely N-dealkylation sites (N-methyl/N-ethyl adjacent to an activating group) is 1. The molecule has 92 valence electrons. The topological polar surface area (TPSA) is 20.3 Å². The molecule has 0 bridgehead atoms. The first kappa shape index (κ1) is 12.2. The Kier molecular flexibility index (Phi) is 3.51. The van der Waals surface area contributed by atoms with Crippen LogP contribution in [0.2, 0.25) is 0 Å². The van der Waals surface area contributed by atoms with Gasteiger partial charge in [-0.2, -0.15) is 0 Å². The van der Waals surface area contributed by atoms with Crippen molar-refractivity contribution in [1.82, 2.24) is 4.90 Å². The van der Waals surface area contributed by atoms with Gasteiger partial charge in [0.1, 0.15) is 0 Å². The van der Waals surface area contributed by atoms with Crippen LogP contribution in [0.1, 0.15) is 37.7 Å².